The number of nitrogens with one attached hydrogen (secondary N) is 1. The van der Waals surface area contributed by atoms with Crippen molar-refractivity contribution in [3.63, 3.8) is 0 Å². The molecule has 2 atom stereocenters. The molecule has 0 aliphatic rings. The molecular formula is C61H111NO5. The van der Waals surface area contributed by atoms with Gasteiger partial charge in [-0.1, -0.05) is 242 Å². The normalized spacial score (nSPS) is 13.1. The minimum Gasteiger partial charge on any atom is -0.466 e. The molecule has 0 fully saturated rings. The van der Waals surface area contributed by atoms with Crippen LogP contribution >= 0.6 is 0 Å². The topological polar surface area (TPSA) is 95.9 Å². The molecular weight excluding hydrogens is 827 g/mol. The summed E-state index contributed by atoms with van der Waals surface area (Å²) in [5, 5.41) is 23.0. The van der Waals surface area contributed by atoms with Crippen LogP contribution in [0, 0.1) is 0 Å². The van der Waals surface area contributed by atoms with Gasteiger partial charge in [-0.3, -0.25) is 9.59 Å². The lowest BCUT2D eigenvalue weighted by molar-refractivity contribution is -0.143. The van der Waals surface area contributed by atoms with E-state index in [2.05, 4.69) is 67.8 Å². The molecule has 0 rings (SSSR count). The summed E-state index contributed by atoms with van der Waals surface area (Å²) in [7, 11) is 0. The number of ether oxygens (including phenoxy) is 1. The summed E-state index contributed by atoms with van der Waals surface area (Å²) in [4.78, 5) is 24.5. The van der Waals surface area contributed by atoms with Crippen molar-refractivity contribution in [3.8, 4) is 0 Å². The predicted molar refractivity (Wildman–Crippen MR) is 292 cm³/mol. The number of hydrogen-bond donors (Lipinski definition) is 3. The van der Waals surface area contributed by atoms with E-state index in [1.807, 2.05) is 6.08 Å². The Labute approximate surface area is 416 Å². The predicted octanol–water partition coefficient (Wildman–Crippen LogP) is 18.0. The Morgan fingerprint density at radius 1 is 0.418 bits per heavy atom. The first-order valence-electron chi connectivity index (χ1n) is 29.1. The number of allylic oxidation sites excluding steroid dienone is 9. The molecule has 0 spiro atoms. The Morgan fingerprint density at radius 2 is 0.746 bits per heavy atom. The zero-order chi connectivity index (χ0) is 48.6. The number of rotatable bonds is 53. The van der Waals surface area contributed by atoms with Crippen LogP contribution in [0.1, 0.15) is 290 Å². The Morgan fingerprint density at radius 3 is 1.15 bits per heavy atom. The van der Waals surface area contributed by atoms with Crippen LogP contribution in [-0.4, -0.2) is 47.4 Å². The molecule has 390 valence electrons. The fourth-order valence-electron chi connectivity index (χ4n) is 8.52. The van der Waals surface area contributed by atoms with Crippen LogP contribution in [0.5, 0.6) is 0 Å². The zero-order valence-corrected chi connectivity index (χ0v) is 44.4. The van der Waals surface area contributed by atoms with Gasteiger partial charge in [0.2, 0.25) is 5.91 Å². The highest BCUT2D eigenvalue weighted by molar-refractivity contribution is 5.76. The molecule has 67 heavy (non-hydrogen) atoms. The largest absolute Gasteiger partial charge is 0.466 e. The SMILES string of the molecule is CCCCCC/C=C\C/C=C\CCCCCCCC(=O)OCCCCCCCCCCC/C=C\C/C=C\CCCCCCCCCC(=O)NC(CO)C(O)/C=C/CCCCCCCCCCC. The minimum absolute atomic E-state index is 0.00789. The van der Waals surface area contributed by atoms with Crippen LogP contribution in [0.15, 0.2) is 60.8 Å². The molecule has 1 amide bonds. The van der Waals surface area contributed by atoms with E-state index in [1.165, 1.54) is 193 Å². The third kappa shape index (κ3) is 52.8. The lowest BCUT2D eigenvalue weighted by Crippen LogP contribution is -2.45. The van der Waals surface area contributed by atoms with Crippen molar-refractivity contribution in [2.75, 3.05) is 13.2 Å². The molecule has 0 bridgehead atoms. The van der Waals surface area contributed by atoms with Crippen LogP contribution in [0.2, 0.25) is 0 Å². The molecule has 0 saturated carbocycles. The highest BCUT2D eigenvalue weighted by atomic mass is 16.5. The number of carbonyl (C=O) groups is 2. The lowest BCUT2D eigenvalue weighted by atomic mass is 10.1. The van der Waals surface area contributed by atoms with Gasteiger partial charge in [0, 0.05) is 12.8 Å². The Hall–Kier alpha value is -2.44. The molecule has 0 aromatic carbocycles. The number of aliphatic hydroxyl groups excluding tert-OH is 2. The van der Waals surface area contributed by atoms with Crippen LogP contribution in [0.3, 0.4) is 0 Å². The standard InChI is InChI=1S/C61H111NO5/c1-3-5-7-9-11-13-15-16-17-28-31-35-39-43-47-51-55-61(66)67-56-52-48-44-40-36-32-29-26-24-22-20-18-19-21-23-25-27-30-34-38-42-46-50-54-60(65)62-58(57-63)59(64)53-49-45-41-37-33-14-12-10-8-6-4-2/h13,15,17-18,20-21,23,28,49,53,58-59,63-64H,3-12,14,16,19,22,24-27,29-48,50-52,54-57H2,1-2H3,(H,62,65)/b15-13-,20-18-,23-21-,28-17-,53-49+. The minimum atomic E-state index is -0.851. The Bertz CT molecular complexity index is 1170. The molecule has 0 heterocycles. The molecule has 0 saturated heterocycles. The maximum atomic E-state index is 12.4. The van der Waals surface area contributed by atoms with E-state index in [1.54, 1.807) is 6.08 Å². The number of unbranched alkanes of at least 4 members (excludes halogenated alkanes) is 34. The fourth-order valence-corrected chi connectivity index (χ4v) is 8.52. The van der Waals surface area contributed by atoms with Crippen LogP contribution in [0.4, 0.5) is 0 Å². The van der Waals surface area contributed by atoms with Crippen molar-refractivity contribution in [3.05, 3.63) is 60.8 Å². The van der Waals surface area contributed by atoms with Gasteiger partial charge in [0.25, 0.3) is 0 Å². The van der Waals surface area contributed by atoms with Gasteiger partial charge in [0.1, 0.15) is 0 Å². The van der Waals surface area contributed by atoms with Gasteiger partial charge in [-0.2, -0.15) is 0 Å². The quantitative estimate of drug-likeness (QED) is 0.0321. The van der Waals surface area contributed by atoms with Crippen molar-refractivity contribution >= 4 is 11.9 Å². The van der Waals surface area contributed by atoms with Gasteiger partial charge in [0.15, 0.2) is 0 Å². The molecule has 6 nitrogen and oxygen atoms in total. The van der Waals surface area contributed by atoms with Crippen molar-refractivity contribution in [2.24, 2.45) is 0 Å². The first kappa shape index (κ1) is 64.6. The molecule has 3 N–H and O–H groups in total. The molecule has 0 aliphatic carbocycles. The van der Waals surface area contributed by atoms with E-state index in [0.717, 1.165) is 70.6 Å². The van der Waals surface area contributed by atoms with Gasteiger partial charge >= 0.3 is 5.97 Å². The van der Waals surface area contributed by atoms with Crippen LogP contribution in [-0.2, 0) is 14.3 Å². The Balaban J connectivity index is 3.47. The molecule has 6 heteroatoms. The summed E-state index contributed by atoms with van der Waals surface area (Å²) in [6.45, 7) is 4.85. The number of carbonyl (C=O) groups excluding carboxylic acids is 2. The molecule has 2 unspecified atom stereocenters. The first-order valence-corrected chi connectivity index (χ1v) is 29.1. The van der Waals surface area contributed by atoms with Crippen molar-refractivity contribution < 1.29 is 24.5 Å². The van der Waals surface area contributed by atoms with Crippen LogP contribution in [0.25, 0.3) is 0 Å². The summed E-state index contributed by atoms with van der Waals surface area (Å²) in [6.07, 6.45) is 72.5. The second kappa shape index (κ2) is 56.2. The van der Waals surface area contributed by atoms with E-state index >= 15 is 0 Å². The van der Waals surface area contributed by atoms with Crippen molar-refractivity contribution in [2.45, 2.75) is 302 Å². The summed E-state index contributed by atoms with van der Waals surface area (Å²) < 4.78 is 5.47. The Kier molecular flexibility index (Phi) is 54.1. The van der Waals surface area contributed by atoms with Crippen molar-refractivity contribution in [1.82, 2.24) is 5.32 Å². The lowest BCUT2D eigenvalue weighted by Gasteiger charge is -2.20. The van der Waals surface area contributed by atoms with E-state index in [0.29, 0.717) is 19.4 Å². The second-order valence-corrected chi connectivity index (χ2v) is 19.6. The number of aliphatic hydroxyl groups is 2. The number of hydrogen-bond acceptors (Lipinski definition) is 5. The first-order chi connectivity index (χ1) is 33.0. The third-order valence-corrected chi connectivity index (χ3v) is 13.0. The van der Waals surface area contributed by atoms with E-state index in [4.69, 9.17) is 4.74 Å². The average molecular weight is 939 g/mol. The second-order valence-electron chi connectivity index (χ2n) is 19.6. The highest BCUT2D eigenvalue weighted by Gasteiger charge is 2.18. The van der Waals surface area contributed by atoms with Gasteiger partial charge in [-0.25, -0.2) is 0 Å². The summed E-state index contributed by atoms with van der Waals surface area (Å²) in [5.74, 6) is -0.0889. The third-order valence-electron chi connectivity index (χ3n) is 13.0. The summed E-state index contributed by atoms with van der Waals surface area (Å²) in [5.41, 5.74) is 0. The maximum Gasteiger partial charge on any atom is 0.305 e. The van der Waals surface area contributed by atoms with Crippen LogP contribution < -0.4 is 5.32 Å². The maximum absolute atomic E-state index is 12.4. The molecule has 0 aliphatic heterocycles. The van der Waals surface area contributed by atoms with Gasteiger partial charge in [-0.15, -0.1) is 0 Å². The summed E-state index contributed by atoms with van der Waals surface area (Å²) >= 11 is 0. The van der Waals surface area contributed by atoms with E-state index in [-0.39, 0.29) is 18.5 Å². The molecule has 0 aromatic heterocycles. The van der Waals surface area contributed by atoms with E-state index in [9.17, 15) is 19.8 Å². The van der Waals surface area contributed by atoms with E-state index < -0.39 is 12.1 Å². The summed E-state index contributed by atoms with van der Waals surface area (Å²) in [6, 6.07) is -0.635. The average Bonchev–Trinajstić information content (AvgIpc) is 3.33. The zero-order valence-electron chi connectivity index (χ0n) is 44.4. The smallest absolute Gasteiger partial charge is 0.305 e. The van der Waals surface area contributed by atoms with Gasteiger partial charge in [-0.05, 0) is 96.3 Å². The highest BCUT2D eigenvalue weighted by Crippen LogP contribution is 2.15. The molecule has 0 radical (unpaired) electrons. The fraction of sp³-hybridized carbons (Fsp3) is 0.803. The number of esters is 1. The van der Waals surface area contributed by atoms with Crippen molar-refractivity contribution in [1.29, 1.82) is 0 Å². The van der Waals surface area contributed by atoms with Gasteiger partial charge in [0.05, 0.1) is 25.4 Å². The number of amides is 1. The molecule has 0 aromatic rings. The van der Waals surface area contributed by atoms with Gasteiger partial charge < -0.3 is 20.3 Å². The monoisotopic (exact) mass is 938 g/mol.